The average Bonchev–Trinajstić information content (AvgIpc) is 2.01. The van der Waals surface area contributed by atoms with Crippen molar-refractivity contribution in [2.45, 2.75) is 32.1 Å². The fraction of sp³-hybridized carbons (Fsp3) is 0.875. The molecule has 0 saturated carbocycles. The lowest BCUT2D eigenvalue weighted by molar-refractivity contribution is -0.112. The van der Waals surface area contributed by atoms with Gasteiger partial charge in [0.15, 0.2) is 0 Å². The molecule has 0 heterocycles. The first-order chi connectivity index (χ1) is 6.78. The predicted octanol–water partition coefficient (Wildman–Crippen LogP) is 2.86. The Balaban J connectivity index is 4.17. The Morgan fingerprint density at radius 1 is 1.53 bits per heavy atom. The lowest BCUT2D eigenvalue weighted by Crippen LogP contribution is -2.30. The third-order valence-corrected chi connectivity index (χ3v) is 5.48. The number of rotatable bonds is 6. The number of hydrogen-bond acceptors (Lipinski definition) is 4. The molecule has 0 aromatic rings. The summed E-state index contributed by atoms with van der Waals surface area (Å²) < 4.78 is 16.6. The Bertz CT molecular complexity index is 262. The van der Waals surface area contributed by atoms with Gasteiger partial charge in [0.2, 0.25) is 10.1 Å². The van der Waals surface area contributed by atoms with Crippen LogP contribution in [0.5, 0.6) is 0 Å². The summed E-state index contributed by atoms with van der Waals surface area (Å²) in [7, 11) is 1.49. The van der Waals surface area contributed by atoms with E-state index in [1.54, 1.807) is 6.92 Å². The summed E-state index contributed by atoms with van der Waals surface area (Å²) in [6, 6.07) is -0.407. The maximum Gasteiger partial charge on any atom is 0.229 e. The molecule has 0 rings (SSSR count). The van der Waals surface area contributed by atoms with E-state index < -0.39 is 11.0 Å². The molecule has 15 heavy (non-hydrogen) atoms. The van der Waals surface area contributed by atoms with Crippen molar-refractivity contribution in [3.8, 4) is 0 Å². The van der Waals surface area contributed by atoms with E-state index in [-0.39, 0.29) is 16.7 Å². The van der Waals surface area contributed by atoms with E-state index in [9.17, 15) is 9.36 Å². The number of carbonyl (C=O) groups is 1. The second kappa shape index (κ2) is 7.27. The van der Waals surface area contributed by atoms with Gasteiger partial charge in [-0.25, -0.2) is 5.09 Å². The van der Waals surface area contributed by atoms with Gasteiger partial charge >= 0.3 is 0 Å². The molecule has 90 valence electrons. The molecule has 0 saturated heterocycles. The SMILES string of the molecule is COCP(=O)(I)NC(C)C(=O)SC(C)C. The Kier molecular flexibility index (Phi) is 7.71. The highest BCUT2D eigenvalue weighted by Gasteiger charge is 2.24. The van der Waals surface area contributed by atoms with Gasteiger partial charge < -0.3 is 4.74 Å². The second-order valence-electron chi connectivity index (χ2n) is 3.41. The topological polar surface area (TPSA) is 55.4 Å². The monoisotopic (exact) mass is 365 g/mol. The summed E-state index contributed by atoms with van der Waals surface area (Å²) in [6.07, 6.45) is 0.136. The van der Waals surface area contributed by atoms with Crippen LogP contribution >= 0.6 is 38.7 Å². The first-order valence-electron chi connectivity index (χ1n) is 4.54. The van der Waals surface area contributed by atoms with Crippen molar-refractivity contribution in [2.75, 3.05) is 13.5 Å². The van der Waals surface area contributed by atoms with Crippen LogP contribution in [0.25, 0.3) is 0 Å². The van der Waals surface area contributed by atoms with Gasteiger partial charge in [0.1, 0.15) is 6.35 Å². The zero-order valence-electron chi connectivity index (χ0n) is 9.32. The molecule has 1 N–H and O–H groups in total. The Hall–Kier alpha value is 0.900. The number of halogens is 1. The lowest BCUT2D eigenvalue weighted by atomic mass is 10.4. The second-order valence-corrected chi connectivity index (χ2v) is 11.5. The molecule has 0 aliphatic rings. The zero-order chi connectivity index (χ0) is 12.1. The van der Waals surface area contributed by atoms with Crippen LogP contribution in [-0.4, -0.2) is 29.9 Å². The van der Waals surface area contributed by atoms with E-state index in [1.807, 2.05) is 35.9 Å². The van der Waals surface area contributed by atoms with E-state index in [2.05, 4.69) is 5.09 Å². The van der Waals surface area contributed by atoms with Gasteiger partial charge in [-0.2, -0.15) is 0 Å². The summed E-state index contributed by atoms with van der Waals surface area (Å²) in [5.74, 6) is 0. The van der Waals surface area contributed by atoms with Gasteiger partial charge in [0.05, 0.1) is 6.04 Å². The third kappa shape index (κ3) is 7.74. The molecular weight excluding hydrogens is 348 g/mol. The quantitative estimate of drug-likeness (QED) is 0.580. The van der Waals surface area contributed by atoms with Crippen molar-refractivity contribution >= 4 is 43.9 Å². The molecule has 0 amide bonds. The molecule has 0 spiro atoms. The van der Waals surface area contributed by atoms with E-state index in [0.29, 0.717) is 0 Å². The molecule has 4 nitrogen and oxygen atoms in total. The van der Waals surface area contributed by atoms with Crippen LogP contribution in [0.2, 0.25) is 0 Å². The summed E-state index contributed by atoms with van der Waals surface area (Å²) in [5.41, 5.74) is 0. The van der Waals surface area contributed by atoms with Gasteiger partial charge in [0.25, 0.3) is 0 Å². The minimum absolute atomic E-state index is 0.0120. The highest BCUT2D eigenvalue weighted by molar-refractivity contribution is 14.2. The fourth-order valence-electron chi connectivity index (χ4n) is 0.880. The van der Waals surface area contributed by atoms with Gasteiger partial charge in [-0.1, -0.05) is 25.6 Å². The molecule has 0 aromatic carbocycles. The van der Waals surface area contributed by atoms with Crippen molar-refractivity contribution in [2.24, 2.45) is 0 Å². The van der Waals surface area contributed by atoms with Crippen LogP contribution in [0, 0.1) is 0 Å². The minimum atomic E-state index is -2.58. The van der Waals surface area contributed by atoms with Crippen molar-refractivity contribution in [3.05, 3.63) is 0 Å². The number of nitrogens with one attached hydrogen (secondary N) is 1. The van der Waals surface area contributed by atoms with Gasteiger partial charge in [-0.15, -0.1) is 0 Å². The summed E-state index contributed by atoms with van der Waals surface area (Å²) >= 11 is 3.07. The smallest absolute Gasteiger partial charge is 0.229 e. The Morgan fingerprint density at radius 3 is 2.47 bits per heavy atom. The summed E-state index contributed by atoms with van der Waals surface area (Å²) in [6.45, 7) is 5.63. The number of carbonyl (C=O) groups excluding carboxylic acids is 1. The maximum absolute atomic E-state index is 11.8. The number of hydrogen-bond donors (Lipinski definition) is 1. The fourth-order valence-corrected chi connectivity index (χ4v) is 4.89. The Labute approximate surface area is 108 Å². The highest BCUT2D eigenvalue weighted by atomic mass is 127. The van der Waals surface area contributed by atoms with Crippen LogP contribution in [0.15, 0.2) is 0 Å². The van der Waals surface area contributed by atoms with Crippen LogP contribution < -0.4 is 5.09 Å². The van der Waals surface area contributed by atoms with Crippen LogP contribution in [-0.2, 0) is 14.1 Å². The number of thioether (sulfide) groups is 1. The van der Waals surface area contributed by atoms with Gasteiger partial charge in [0, 0.05) is 34.4 Å². The van der Waals surface area contributed by atoms with E-state index >= 15 is 0 Å². The van der Waals surface area contributed by atoms with Gasteiger partial charge in [-0.05, 0) is 6.92 Å². The molecular formula is C8H17INO3PS. The van der Waals surface area contributed by atoms with Crippen molar-refractivity contribution in [3.63, 3.8) is 0 Å². The molecule has 0 aromatic heterocycles. The summed E-state index contributed by atoms with van der Waals surface area (Å²) in [4.78, 5) is 8.99. The first kappa shape index (κ1) is 15.9. The first-order valence-corrected chi connectivity index (χ1v) is 10.1. The largest absolute Gasteiger partial charge is 0.375 e. The number of ether oxygens (including phenoxy) is 1. The van der Waals surface area contributed by atoms with Gasteiger partial charge in [-0.3, -0.25) is 9.36 Å². The molecule has 7 heteroatoms. The number of methoxy groups -OCH3 is 1. The molecule has 0 aliphatic heterocycles. The standard InChI is InChI=1S/C8H17INO3PS/c1-6(2)15-8(11)7(3)10-14(9,12)5-13-4/h6-7H,5H2,1-4H3,(H,10,12). The van der Waals surface area contributed by atoms with E-state index in [4.69, 9.17) is 4.74 Å². The molecule has 0 aliphatic carbocycles. The molecule has 0 bridgehead atoms. The Morgan fingerprint density at radius 2 is 2.07 bits per heavy atom. The molecule has 2 unspecified atom stereocenters. The highest BCUT2D eigenvalue weighted by Crippen LogP contribution is 2.50. The molecule has 2 atom stereocenters. The predicted molar refractivity (Wildman–Crippen MR) is 73.8 cm³/mol. The third-order valence-electron chi connectivity index (χ3n) is 1.39. The molecule has 0 radical (unpaired) electrons. The van der Waals surface area contributed by atoms with Crippen LogP contribution in [0.3, 0.4) is 0 Å². The molecule has 0 fully saturated rings. The maximum atomic E-state index is 11.8. The van der Waals surface area contributed by atoms with Crippen molar-refractivity contribution in [1.82, 2.24) is 5.09 Å². The van der Waals surface area contributed by atoms with Crippen molar-refractivity contribution in [1.29, 1.82) is 0 Å². The lowest BCUT2D eigenvalue weighted by Gasteiger charge is -2.17. The van der Waals surface area contributed by atoms with Crippen molar-refractivity contribution < 1.29 is 14.1 Å². The van der Waals surface area contributed by atoms with E-state index in [1.165, 1.54) is 18.9 Å². The van der Waals surface area contributed by atoms with Crippen LogP contribution in [0.4, 0.5) is 0 Å². The zero-order valence-corrected chi connectivity index (χ0v) is 13.2. The summed E-state index contributed by atoms with van der Waals surface area (Å²) in [5, 5.41) is 3.07. The minimum Gasteiger partial charge on any atom is -0.375 e. The normalized spacial score (nSPS) is 17.5. The average molecular weight is 365 g/mol. The van der Waals surface area contributed by atoms with Crippen LogP contribution in [0.1, 0.15) is 20.8 Å². The van der Waals surface area contributed by atoms with E-state index in [0.717, 1.165) is 0 Å².